The Labute approximate surface area is 133 Å². The third-order valence-electron chi connectivity index (χ3n) is 3.87. The summed E-state index contributed by atoms with van der Waals surface area (Å²) < 4.78 is 11.8. The third-order valence-corrected chi connectivity index (χ3v) is 4.46. The number of carbonyl (C=O) groups excluding carboxylic acids is 1. The van der Waals surface area contributed by atoms with Crippen molar-refractivity contribution in [2.45, 2.75) is 32.2 Å². The van der Waals surface area contributed by atoms with Gasteiger partial charge in [0.15, 0.2) is 11.5 Å². The Hall–Kier alpha value is -1.27. The molecule has 0 aromatic heterocycles. The lowest BCUT2D eigenvalue weighted by molar-refractivity contribution is 0.0940. The van der Waals surface area contributed by atoms with Crippen molar-refractivity contribution in [1.29, 1.82) is 0 Å². The Balaban J connectivity index is 2.11. The summed E-state index contributed by atoms with van der Waals surface area (Å²) in [6.07, 6.45) is 1.63. The van der Waals surface area contributed by atoms with E-state index in [-0.39, 0.29) is 11.4 Å². The van der Waals surface area contributed by atoms with Gasteiger partial charge in [-0.1, -0.05) is 13.8 Å². The summed E-state index contributed by atoms with van der Waals surface area (Å²) >= 11 is 3.41. The van der Waals surface area contributed by atoms with Gasteiger partial charge in [0.05, 0.1) is 4.47 Å². The Morgan fingerprint density at radius 1 is 1.33 bits per heavy atom. The maximum Gasteiger partial charge on any atom is 0.251 e. The maximum absolute atomic E-state index is 12.3. The summed E-state index contributed by atoms with van der Waals surface area (Å²) in [4.78, 5) is 12.3. The van der Waals surface area contributed by atoms with E-state index >= 15 is 0 Å². The van der Waals surface area contributed by atoms with Gasteiger partial charge in [-0.15, -0.1) is 0 Å². The fraction of sp³-hybridized carbons (Fsp3) is 0.533. The minimum atomic E-state index is -0.360. The van der Waals surface area contributed by atoms with Gasteiger partial charge in [0.25, 0.3) is 5.91 Å². The number of nitrogens with one attached hydrogen (secondary N) is 1. The van der Waals surface area contributed by atoms with E-state index in [9.17, 15) is 4.79 Å². The van der Waals surface area contributed by atoms with Crippen molar-refractivity contribution in [1.82, 2.24) is 5.32 Å². The van der Waals surface area contributed by atoms with E-state index in [4.69, 9.17) is 15.2 Å². The van der Waals surface area contributed by atoms with E-state index in [1.807, 2.05) is 13.8 Å². The summed E-state index contributed by atoms with van der Waals surface area (Å²) in [6.45, 7) is 5.50. The first kappa shape index (κ1) is 16.1. The van der Waals surface area contributed by atoms with E-state index in [0.717, 1.165) is 17.3 Å². The summed E-state index contributed by atoms with van der Waals surface area (Å²) in [7, 11) is 0. The van der Waals surface area contributed by atoms with Crippen LogP contribution in [0.4, 0.5) is 0 Å². The Morgan fingerprint density at radius 3 is 2.67 bits per heavy atom. The number of ether oxygens (including phenoxy) is 2. The highest BCUT2D eigenvalue weighted by atomic mass is 79.9. The van der Waals surface area contributed by atoms with Crippen molar-refractivity contribution in [3.05, 3.63) is 22.2 Å². The van der Waals surface area contributed by atoms with Crippen molar-refractivity contribution in [3.63, 3.8) is 0 Å². The number of fused-ring (bicyclic) bond motifs is 1. The van der Waals surface area contributed by atoms with E-state index in [2.05, 4.69) is 21.2 Å². The van der Waals surface area contributed by atoms with Crippen LogP contribution in [0.5, 0.6) is 11.5 Å². The SMILES string of the molecule is CCC(N)(CC)CNC(=O)c1cc(Br)c2c(c1)OCCO2. The zero-order valence-corrected chi connectivity index (χ0v) is 14.0. The zero-order valence-electron chi connectivity index (χ0n) is 12.4. The summed E-state index contributed by atoms with van der Waals surface area (Å²) in [5.41, 5.74) is 6.36. The van der Waals surface area contributed by atoms with Gasteiger partial charge in [0.1, 0.15) is 13.2 Å². The largest absolute Gasteiger partial charge is 0.486 e. The van der Waals surface area contributed by atoms with Crippen LogP contribution in [0.25, 0.3) is 0 Å². The van der Waals surface area contributed by atoms with Gasteiger partial charge in [-0.3, -0.25) is 4.79 Å². The minimum Gasteiger partial charge on any atom is -0.486 e. The number of carbonyl (C=O) groups is 1. The van der Waals surface area contributed by atoms with Crippen molar-refractivity contribution in [3.8, 4) is 11.5 Å². The second-order valence-electron chi connectivity index (χ2n) is 5.23. The van der Waals surface area contributed by atoms with Crippen LogP contribution >= 0.6 is 15.9 Å². The van der Waals surface area contributed by atoms with Crippen LogP contribution in [0.3, 0.4) is 0 Å². The predicted octanol–water partition coefficient (Wildman–Crippen LogP) is 2.47. The second kappa shape index (κ2) is 6.66. The van der Waals surface area contributed by atoms with Crippen LogP contribution in [-0.2, 0) is 0 Å². The average molecular weight is 357 g/mol. The molecule has 0 fully saturated rings. The standard InChI is InChI=1S/C15H21BrN2O3/c1-3-15(17,4-2)9-18-14(19)10-7-11(16)13-12(8-10)20-5-6-21-13/h7-8H,3-6,9,17H2,1-2H3,(H,18,19). The van der Waals surface area contributed by atoms with Crippen LogP contribution in [0, 0.1) is 0 Å². The number of amides is 1. The molecule has 3 N–H and O–H groups in total. The molecule has 1 aromatic rings. The quantitative estimate of drug-likeness (QED) is 0.849. The minimum absolute atomic E-state index is 0.163. The molecule has 1 aliphatic rings. The first-order valence-electron chi connectivity index (χ1n) is 7.15. The summed E-state index contributed by atoms with van der Waals surface area (Å²) in [5, 5.41) is 2.89. The predicted molar refractivity (Wildman–Crippen MR) is 85.0 cm³/mol. The fourth-order valence-corrected chi connectivity index (χ4v) is 2.66. The summed E-state index contributed by atoms with van der Waals surface area (Å²) in [5.74, 6) is 1.07. The Kier molecular flexibility index (Phi) is 5.11. The molecular weight excluding hydrogens is 336 g/mol. The van der Waals surface area contributed by atoms with Crippen molar-refractivity contribution in [2.75, 3.05) is 19.8 Å². The highest BCUT2D eigenvalue weighted by molar-refractivity contribution is 9.10. The lowest BCUT2D eigenvalue weighted by Crippen LogP contribution is -2.49. The number of rotatable bonds is 5. The molecule has 1 aliphatic heterocycles. The molecule has 1 heterocycles. The number of hydrogen-bond donors (Lipinski definition) is 2. The van der Waals surface area contributed by atoms with Gasteiger partial charge < -0.3 is 20.5 Å². The number of benzene rings is 1. The lowest BCUT2D eigenvalue weighted by Gasteiger charge is -2.27. The molecule has 0 spiro atoms. The molecule has 1 amide bonds. The molecule has 6 heteroatoms. The number of halogens is 1. The van der Waals surface area contributed by atoms with Crippen LogP contribution < -0.4 is 20.5 Å². The van der Waals surface area contributed by atoms with Crippen LogP contribution in [0.2, 0.25) is 0 Å². The number of nitrogens with two attached hydrogens (primary N) is 1. The molecular formula is C15H21BrN2O3. The smallest absolute Gasteiger partial charge is 0.251 e. The van der Waals surface area contributed by atoms with Crippen molar-refractivity contribution in [2.24, 2.45) is 5.73 Å². The lowest BCUT2D eigenvalue weighted by atomic mass is 9.94. The van der Waals surface area contributed by atoms with Gasteiger partial charge in [0.2, 0.25) is 0 Å². The van der Waals surface area contributed by atoms with Gasteiger partial charge in [-0.05, 0) is 40.9 Å². The maximum atomic E-state index is 12.3. The molecule has 0 saturated carbocycles. The molecule has 0 aliphatic carbocycles. The normalized spacial score (nSPS) is 13.9. The Bertz CT molecular complexity index is 530. The highest BCUT2D eigenvalue weighted by Gasteiger charge is 2.23. The van der Waals surface area contributed by atoms with Crippen LogP contribution in [0.1, 0.15) is 37.0 Å². The third kappa shape index (κ3) is 3.68. The van der Waals surface area contributed by atoms with Gasteiger partial charge >= 0.3 is 0 Å². The highest BCUT2D eigenvalue weighted by Crippen LogP contribution is 2.38. The van der Waals surface area contributed by atoms with E-state index in [1.165, 1.54) is 0 Å². The van der Waals surface area contributed by atoms with E-state index < -0.39 is 0 Å². The average Bonchev–Trinajstić information content (AvgIpc) is 2.52. The molecule has 0 radical (unpaired) electrons. The molecule has 5 nitrogen and oxygen atoms in total. The second-order valence-corrected chi connectivity index (χ2v) is 6.09. The van der Waals surface area contributed by atoms with Gasteiger partial charge in [-0.25, -0.2) is 0 Å². The molecule has 0 unspecified atom stereocenters. The molecule has 2 rings (SSSR count). The van der Waals surface area contributed by atoms with Crippen LogP contribution in [-0.4, -0.2) is 31.2 Å². The van der Waals surface area contributed by atoms with E-state index in [0.29, 0.717) is 36.8 Å². The molecule has 0 atom stereocenters. The molecule has 21 heavy (non-hydrogen) atoms. The van der Waals surface area contributed by atoms with Crippen molar-refractivity contribution < 1.29 is 14.3 Å². The first-order valence-corrected chi connectivity index (χ1v) is 7.94. The van der Waals surface area contributed by atoms with Crippen molar-refractivity contribution >= 4 is 21.8 Å². The van der Waals surface area contributed by atoms with Gasteiger partial charge in [0, 0.05) is 17.6 Å². The fourth-order valence-electron chi connectivity index (χ4n) is 2.10. The monoisotopic (exact) mass is 356 g/mol. The van der Waals surface area contributed by atoms with E-state index in [1.54, 1.807) is 12.1 Å². The Morgan fingerprint density at radius 2 is 2.00 bits per heavy atom. The molecule has 0 bridgehead atoms. The first-order chi connectivity index (χ1) is 9.99. The molecule has 116 valence electrons. The number of hydrogen-bond acceptors (Lipinski definition) is 4. The summed E-state index contributed by atoms with van der Waals surface area (Å²) in [6, 6.07) is 3.43. The van der Waals surface area contributed by atoms with Crippen LogP contribution in [0.15, 0.2) is 16.6 Å². The van der Waals surface area contributed by atoms with Gasteiger partial charge in [-0.2, -0.15) is 0 Å². The molecule has 0 saturated heterocycles. The molecule has 1 aromatic carbocycles. The topological polar surface area (TPSA) is 73.6 Å². The zero-order chi connectivity index (χ0) is 15.5.